The smallest absolute Gasteiger partial charge is 0.269 e. The van der Waals surface area contributed by atoms with Crippen LogP contribution in [0.3, 0.4) is 0 Å². The fourth-order valence-electron chi connectivity index (χ4n) is 4.09. The summed E-state index contributed by atoms with van der Waals surface area (Å²) in [4.78, 5) is 39.9. The fourth-order valence-corrected chi connectivity index (χ4v) is 4.09. The van der Waals surface area contributed by atoms with Crippen molar-refractivity contribution in [3.8, 4) is 0 Å². The second-order valence-corrected chi connectivity index (χ2v) is 7.99. The van der Waals surface area contributed by atoms with Crippen LogP contribution in [0.25, 0.3) is 11.0 Å². The van der Waals surface area contributed by atoms with E-state index >= 15 is 0 Å². The van der Waals surface area contributed by atoms with Gasteiger partial charge >= 0.3 is 0 Å². The van der Waals surface area contributed by atoms with Crippen LogP contribution in [-0.2, 0) is 13.0 Å². The van der Waals surface area contributed by atoms with Crippen LogP contribution in [0.15, 0.2) is 41.5 Å². The lowest BCUT2D eigenvalue weighted by atomic mass is 10.1. The standard InChI is InChI=1S/C23H28N6O3/c1-3-16-9-20-21(27-22(16)31)8-15(10-25-20)12-28-6-7-29(13-18(28)14-30)17-4-5-19(26-11-17)23(32)24-2/h4-5,8-11,18,30H,3,6-7,12-14H2,1-2H3,(H,24,32)(H,27,31)/t18-/m0/s1. The number of nitrogens with zero attached hydrogens (tertiary/aromatic N) is 4. The van der Waals surface area contributed by atoms with Crippen LogP contribution in [0, 0.1) is 0 Å². The molecule has 0 saturated carbocycles. The number of H-pyrrole nitrogens is 1. The predicted molar refractivity (Wildman–Crippen MR) is 123 cm³/mol. The van der Waals surface area contributed by atoms with Gasteiger partial charge in [-0.15, -0.1) is 0 Å². The van der Waals surface area contributed by atoms with Crippen molar-refractivity contribution in [3.63, 3.8) is 0 Å². The van der Waals surface area contributed by atoms with Crippen LogP contribution in [0.5, 0.6) is 0 Å². The van der Waals surface area contributed by atoms with Crippen molar-refractivity contribution in [2.75, 3.05) is 38.2 Å². The highest BCUT2D eigenvalue weighted by Crippen LogP contribution is 2.21. The number of rotatable bonds is 6. The second kappa shape index (κ2) is 9.46. The third-order valence-electron chi connectivity index (χ3n) is 5.98. The third kappa shape index (κ3) is 4.49. The Kier molecular flexibility index (Phi) is 6.48. The highest BCUT2D eigenvalue weighted by Gasteiger charge is 2.27. The third-order valence-corrected chi connectivity index (χ3v) is 5.98. The molecule has 3 aromatic rings. The Morgan fingerprint density at radius 3 is 2.78 bits per heavy atom. The minimum Gasteiger partial charge on any atom is -0.395 e. The molecular formula is C23H28N6O3. The van der Waals surface area contributed by atoms with Gasteiger partial charge in [0.2, 0.25) is 0 Å². The van der Waals surface area contributed by atoms with Crippen LogP contribution in [0.4, 0.5) is 5.69 Å². The van der Waals surface area contributed by atoms with Gasteiger partial charge in [0.1, 0.15) is 5.69 Å². The summed E-state index contributed by atoms with van der Waals surface area (Å²) in [5.41, 5.74) is 4.45. The van der Waals surface area contributed by atoms with Gasteiger partial charge in [-0.2, -0.15) is 0 Å². The van der Waals surface area contributed by atoms with Crippen molar-refractivity contribution in [2.45, 2.75) is 25.9 Å². The molecule has 3 aromatic heterocycles. The van der Waals surface area contributed by atoms with Crippen molar-refractivity contribution < 1.29 is 9.90 Å². The monoisotopic (exact) mass is 436 g/mol. The van der Waals surface area contributed by atoms with E-state index in [1.807, 2.05) is 31.3 Å². The lowest BCUT2D eigenvalue weighted by molar-refractivity contribution is 0.0958. The summed E-state index contributed by atoms with van der Waals surface area (Å²) in [6, 6.07) is 7.34. The molecule has 0 aliphatic carbocycles. The number of hydrogen-bond acceptors (Lipinski definition) is 7. The molecule has 0 spiro atoms. The van der Waals surface area contributed by atoms with Crippen molar-refractivity contribution >= 4 is 22.6 Å². The Morgan fingerprint density at radius 2 is 2.09 bits per heavy atom. The summed E-state index contributed by atoms with van der Waals surface area (Å²) in [7, 11) is 1.58. The number of aliphatic hydroxyl groups is 1. The molecule has 1 saturated heterocycles. The van der Waals surface area contributed by atoms with Gasteiger partial charge in [-0.1, -0.05) is 6.92 Å². The molecule has 9 nitrogen and oxygen atoms in total. The van der Waals surface area contributed by atoms with E-state index in [1.165, 1.54) is 0 Å². The van der Waals surface area contributed by atoms with Gasteiger partial charge in [-0.05, 0) is 36.2 Å². The number of carbonyl (C=O) groups is 1. The number of pyridine rings is 3. The largest absolute Gasteiger partial charge is 0.395 e. The lowest BCUT2D eigenvalue weighted by Crippen LogP contribution is -2.54. The summed E-state index contributed by atoms with van der Waals surface area (Å²) < 4.78 is 0. The molecule has 1 amide bonds. The average molecular weight is 437 g/mol. The van der Waals surface area contributed by atoms with E-state index in [9.17, 15) is 14.7 Å². The minimum absolute atomic E-state index is 0.0257. The van der Waals surface area contributed by atoms with E-state index in [2.05, 4.69) is 30.1 Å². The molecule has 1 atom stereocenters. The zero-order chi connectivity index (χ0) is 22.7. The molecule has 0 bridgehead atoms. The van der Waals surface area contributed by atoms with Gasteiger partial charge in [-0.3, -0.25) is 19.5 Å². The maximum Gasteiger partial charge on any atom is 0.269 e. The Morgan fingerprint density at radius 1 is 1.25 bits per heavy atom. The van der Waals surface area contributed by atoms with Gasteiger partial charge < -0.3 is 20.3 Å². The first-order valence-electron chi connectivity index (χ1n) is 10.8. The van der Waals surface area contributed by atoms with Crippen LogP contribution in [0.1, 0.15) is 28.5 Å². The predicted octanol–water partition coefficient (Wildman–Crippen LogP) is 0.923. The first-order chi connectivity index (χ1) is 15.5. The second-order valence-electron chi connectivity index (χ2n) is 7.99. The van der Waals surface area contributed by atoms with E-state index in [0.29, 0.717) is 25.2 Å². The maximum absolute atomic E-state index is 12.2. The molecule has 32 heavy (non-hydrogen) atoms. The summed E-state index contributed by atoms with van der Waals surface area (Å²) in [6.45, 7) is 4.79. The molecule has 0 radical (unpaired) electrons. The van der Waals surface area contributed by atoms with Gasteiger partial charge in [0, 0.05) is 45.0 Å². The normalized spacial score (nSPS) is 17.0. The van der Waals surface area contributed by atoms with Gasteiger partial charge in [0.25, 0.3) is 11.5 Å². The number of aryl methyl sites for hydroxylation is 1. The molecular weight excluding hydrogens is 408 g/mol. The minimum atomic E-state index is -0.217. The van der Waals surface area contributed by atoms with E-state index in [1.54, 1.807) is 19.3 Å². The van der Waals surface area contributed by atoms with Crippen molar-refractivity contribution in [1.82, 2.24) is 25.2 Å². The summed E-state index contributed by atoms with van der Waals surface area (Å²) in [5, 5.41) is 12.6. The summed E-state index contributed by atoms with van der Waals surface area (Å²) in [5.74, 6) is -0.217. The average Bonchev–Trinajstić information content (AvgIpc) is 2.83. The van der Waals surface area contributed by atoms with Crippen molar-refractivity contribution in [3.05, 3.63) is 63.8 Å². The molecule has 3 N–H and O–H groups in total. The molecule has 168 valence electrons. The number of anilines is 1. The molecule has 4 rings (SSSR count). The molecule has 4 heterocycles. The molecule has 9 heteroatoms. The van der Waals surface area contributed by atoms with Crippen LogP contribution in [0.2, 0.25) is 0 Å². The topological polar surface area (TPSA) is 114 Å². The fraction of sp³-hybridized carbons (Fsp3) is 0.391. The van der Waals surface area contributed by atoms with E-state index in [0.717, 1.165) is 40.9 Å². The Hall–Kier alpha value is -3.30. The molecule has 0 unspecified atom stereocenters. The highest BCUT2D eigenvalue weighted by atomic mass is 16.3. The molecule has 1 fully saturated rings. The van der Waals surface area contributed by atoms with E-state index in [4.69, 9.17) is 0 Å². The first kappa shape index (κ1) is 21.9. The SMILES string of the molecule is CCc1cc2ncc(CN3CCN(c4ccc(C(=O)NC)nc4)C[C@H]3CO)cc2[nH]c1=O. The van der Waals surface area contributed by atoms with Crippen LogP contribution in [-0.4, -0.2) is 70.2 Å². The zero-order valence-electron chi connectivity index (χ0n) is 18.3. The quantitative estimate of drug-likeness (QED) is 0.526. The molecule has 0 aromatic carbocycles. The number of nitrogens with one attached hydrogen (secondary N) is 2. The Labute approximate surface area is 186 Å². The maximum atomic E-state index is 12.2. The summed E-state index contributed by atoms with van der Waals surface area (Å²) >= 11 is 0. The van der Waals surface area contributed by atoms with Crippen molar-refractivity contribution in [1.29, 1.82) is 0 Å². The Balaban J connectivity index is 1.46. The number of aromatic nitrogens is 3. The zero-order valence-corrected chi connectivity index (χ0v) is 18.3. The van der Waals surface area contributed by atoms with E-state index < -0.39 is 0 Å². The number of piperazine rings is 1. The Bertz CT molecular complexity index is 1160. The number of aliphatic hydroxyl groups excluding tert-OH is 1. The number of hydrogen-bond donors (Lipinski definition) is 3. The van der Waals surface area contributed by atoms with E-state index in [-0.39, 0.29) is 24.1 Å². The van der Waals surface area contributed by atoms with Gasteiger partial charge in [-0.25, -0.2) is 4.98 Å². The summed E-state index contributed by atoms with van der Waals surface area (Å²) in [6.07, 6.45) is 4.20. The number of carbonyl (C=O) groups excluding carboxylic acids is 1. The van der Waals surface area contributed by atoms with Gasteiger partial charge in [0.15, 0.2) is 0 Å². The van der Waals surface area contributed by atoms with Gasteiger partial charge in [0.05, 0.1) is 35.6 Å². The number of amides is 1. The lowest BCUT2D eigenvalue weighted by Gasteiger charge is -2.41. The highest BCUT2D eigenvalue weighted by molar-refractivity contribution is 5.92. The van der Waals surface area contributed by atoms with Crippen molar-refractivity contribution in [2.24, 2.45) is 0 Å². The number of aromatic amines is 1. The molecule has 1 aliphatic rings. The first-order valence-corrected chi connectivity index (χ1v) is 10.8. The molecule has 1 aliphatic heterocycles. The number of fused-ring (bicyclic) bond motifs is 1. The van der Waals surface area contributed by atoms with Crippen LogP contribution >= 0.6 is 0 Å². The van der Waals surface area contributed by atoms with Crippen LogP contribution < -0.4 is 15.8 Å².